The molecule has 0 fully saturated rings. The Balaban J connectivity index is 3.47. The first-order chi connectivity index (χ1) is 33.0. The van der Waals surface area contributed by atoms with Crippen LogP contribution in [0, 0.1) is 0 Å². The highest BCUT2D eigenvalue weighted by atomic mass is 16.5. The van der Waals surface area contributed by atoms with Crippen LogP contribution in [0.5, 0.6) is 0 Å². The molecular formula is C61H117NO5. The zero-order chi connectivity index (χ0) is 48.6. The molecule has 0 saturated carbocycles. The first kappa shape index (κ1) is 65.3. The summed E-state index contributed by atoms with van der Waals surface area (Å²) >= 11 is 0. The standard InChI is InChI=1S/C61H117NO5/c1-3-5-7-9-11-13-15-17-18-19-20-21-22-23-24-26-30-33-37-41-45-49-53-59(64)58(57-63)62-60(65)54-50-46-42-38-34-31-27-25-28-32-36-40-44-48-52-56-67-61(66)55-51-47-43-39-35-29-16-14-12-10-8-6-4-2/h14,16,28,32,58-59,63-64H,3-13,15,17-27,29-31,33-57H2,1-2H3,(H,62,65)/b16-14-,32-28-. The van der Waals surface area contributed by atoms with Crippen molar-refractivity contribution in [1.29, 1.82) is 0 Å². The number of carbonyl (C=O) groups excluding carboxylic acids is 2. The van der Waals surface area contributed by atoms with Gasteiger partial charge in [-0.25, -0.2) is 0 Å². The second kappa shape index (κ2) is 56.9. The van der Waals surface area contributed by atoms with Gasteiger partial charge in [0.2, 0.25) is 5.91 Å². The summed E-state index contributed by atoms with van der Waals surface area (Å²) in [5, 5.41) is 23.4. The molecule has 0 aliphatic rings. The number of aliphatic hydroxyl groups excluding tert-OH is 2. The quantitative estimate of drug-likeness (QED) is 0.0321. The lowest BCUT2D eigenvalue weighted by Crippen LogP contribution is -2.45. The van der Waals surface area contributed by atoms with Crippen molar-refractivity contribution >= 4 is 11.9 Å². The Morgan fingerprint density at radius 1 is 0.403 bits per heavy atom. The molecule has 396 valence electrons. The molecule has 0 aromatic heterocycles. The van der Waals surface area contributed by atoms with Crippen molar-refractivity contribution in [3.63, 3.8) is 0 Å². The molecule has 0 saturated heterocycles. The Morgan fingerprint density at radius 2 is 0.701 bits per heavy atom. The van der Waals surface area contributed by atoms with Crippen LogP contribution in [0.25, 0.3) is 0 Å². The highest BCUT2D eigenvalue weighted by Crippen LogP contribution is 2.17. The maximum Gasteiger partial charge on any atom is 0.305 e. The van der Waals surface area contributed by atoms with E-state index in [1.54, 1.807) is 0 Å². The summed E-state index contributed by atoms with van der Waals surface area (Å²) in [5.74, 6) is -0.0661. The van der Waals surface area contributed by atoms with Crippen molar-refractivity contribution in [2.24, 2.45) is 0 Å². The molecule has 6 heteroatoms. The maximum absolute atomic E-state index is 12.5. The van der Waals surface area contributed by atoms with Crippen LogP contribution in [0.4, 0.5) is 0 Å². The molecule has 2 unspecified atom stereocenters. The first-order valence-corrected chi connectivity index (χ1v) is 30.1. The summed E-state index contributed by atoms with van der Waals surface area (Å²) in [7, 11) is 0. The molecule has 67 heavy (non-hydrogen) atoms. The van der Waals surface area contributed by atoms with Gasteiger partial charge >= 0.3 is 5.97 Å². The number of nitrogens with one attached hydrogen (secondary N) is 1. The van der Waals surface area contributed by atoms with Crippen molar-refractivity contribution in [1.82, 2.24) is 5.32 Å². The SMILES string of the molecule is CCCCCC/C=C\CCCCCCCC(=O)OCCCCCC/C=C\CCCCCCCCCC(=O)NC(CO)C(O)CCCCCCCCCCCCCCCCCCCCCCCC. The number of esters is 1. The number of rotatable bonds is 56. The second-order valence-electron chi connectivity index (χ2n) is 20.7. The molecule has 0 aromatic rings. The Bertz CT molecular complexity index is 1040. The Morgan fingerprint density at radius 3 is 1.07 bits per heavy atom. The molecule has 0 aliphatic heterocycles. The highest BCUT2D eigenvalue weighted by Gasteiger charge is 2.20. The minimum Gasteiger partial charge on any atom is -0.466 e. The number of allylic oxidation sites excluding steroid dienone is 4. The monoisotopic (exact) mass is 944 g/mol. The van der Waals surface area contributed by atoms with Crippen molar-refractivity contribution in [3.05, 3.63) is 24.3 Å². The van der Waals surface area contributed by atoms with Crippen LogP contribution < -0.4 is 5.32 Å². The van der Waals surface area contributed by atoms with E-state index >= 15 is 0 Å². The molecular weight excluding hydrogens is 827 g/mol. The number of aliphatic hydroxyl groups is 2. The van der Waals surface area contributed by atoms with Gasteiger partial charge in [-0.2, -0.15) is 0 Å². The summed E-state index contributed by atoms with van der Waals surface area (Å²) in [4.78, 5) is 24.5. The van der Waals surface area contributed by atoms with Crippen LogP contribution in [0.1, 0.15) is 328 Å². The Kier molecular flexibility index (Phi) is 55.5. The zero-order valence-corrected chi connectivity index (χ0v) is 45.1. The van der Waals surface area contributed by atoms with Crippen molar-refractivity contribution < 1.29 is 24.5 Å². The predicted octanol–water partition coefficient (Wildman–Crippen LogP) is 18.6. The third kappa shape index (κ3) is 53.5. The van der Waals surface area contributed by atoms with Crippen LogP contribution >= 0.6 is 0 Å². The average Bonchev–Trinajstić information content (AvgIpc) is 3.33. The minimum absolute atomic E-state index is 0.0187. The van der Waals surface area contributed by atoms with Gasteiger partial charge in [0.05, 0.1) is 25.4 Å². The molecule has 0 heterocycles. The van der Waals surface area contributed by atoms with E-state index in [1.807, 2.05) is 0 Å². The van der Waals surface area contributed by atoms with E-state index in [0.29, 0.717) is 25.9 Å². The van der Waals surface area contributed by atoms with Crippen LogP contribution in [-0.4, -0.2) is 47.4 Å². The zero-order valence-electron chi connectivity index (χ0n) is 45.1. The molecule has 1 amide bonds. The molecule has 2 atom stereocenters. The van der Waals surface area contributed by atoms with E-state index in [2.05, 4.69) is 43.5 Å². The normalized spacial score (nSPS) is 12.7. The number of amides is 1. The number of carbonyl (C=O) groups is 2. The van der Waals surface area contributed by atoms with E-state index in [0.717, 1.165) is 70.6 Å². The summed E-state index contributed by atoms with van der Waals surface area (Å²) in [6.45, 7) is 4.92. The number of hydrogen-bond donors (Lipinski definition) is 3. The fourth-order valence-electron chi connectivity index (χ4n) is 9.34. The predicted molar refractivity (Wildman–Crippen MR) is 292 cm³/mol. The maximum atomic E-state index is 12.5. The molecule has 6 nitrogen and oxygen atoms in total. The van der Waals surface area contributed by atoms with Gasteiger partial charge in [-0.1, -0.05) is 263 Å². The first-order valence-electron chi connectivity index (χ1n) is 30.1. The van der Waals surface area contributed by atoms with Crippen LogP contribution in [0.2, 0.25) is 0 Å². The molecule has 0 bridgehead atoms. The van der Waals surface area contributed by atoms with E-state index in [1.165, 1.54) is 225 Å². The molecule has 3 N–H and O–H groups in total. The van der Waals surface area contributed by atoms with Gasteiger partial charge in [-0.15, -0.1) is 0 Å². The Labute approximate surface area is 418 Å². The van der Waals surface area contributed by atoms with Crippen molar-refractivity contribution in [2.75, 3.05) is 13.2 Å². The number of ether oxygens (including phenoxy) is 1. The number of hydrogen-bond acceptors (Lipinski definition) is 5. The van der Waals surface area contributed by atoms with E-state index in [9.17, 15) is 19.8 Å². The van der Waals surface area contributed by atoms with Gasteiger partial charge in [-0.05, 0) is 77.0 Å². The largest absolute Gasteiger partial charge is 0.466 e. The molecule has 0 rings (SSSR count). The van der Waals surface area contributed by atoms with E-state index < -0.39 is 12.1 Å². The lowest BCUT2D eigenvalue weighted by molar-refractivity contribution is -0.143. The third-order valence-electron chi connectivity index (χ3n) is 14.0. The van der Waals surface area contributed by atoms with Gasteiger partial charge < -0.3 is 20.3 Å². The lowest BCUT2D eigenvalue weighted by Gasteiger charge is -2.22. The van der Waals surface area contributed by atoms with Gasteiger partial charge in [0.25, 0.3) is 0 Å². The number of unbranched alkanes of at least 4 members (excludes halogenated alkanes) is 41. The van der Waals surface area contributed by atoms with Gasteiger partial charge in [-0.3, -0.25) is 9.59 Å². The highest BCUT2D eigenvalue weighted by molar-refractivity contribution is 5.76. The topological polar surface area (TPSA) is 95.9 Å². The van der Waals surface area contributed by atoms with Gasteiger partial charge in [0.1, 0.15) is 0 Å². The average molecular weight is 945 g/mol. The summed E-state index contributed by atoms with van der Waals surface area (Å²) < 4.78 is 5.45. The van der Waals surface area contributed by atoms with Crippen LogP contribution in [0.15, 0.2) is 24.3 Å². The van der Waals surface area contributed by atoms with E-state index in [4.69, 9.17) is 4.74 Å². The van der Waals surface area contributed by atoms with Crippen LogP contribution in [0.3, 0.4) is 0 Å². The Hall–Kier alpha value is -1.66. The molecule has 0 radical (unpaired) electrons. The summed E-state index contributed by atoms with van der Waals surface area (Å²) in [6, 6.07) is -0.554. The van der Waals surface area contributed by atoms with Crippen LogP contribution in [-0.2, 0) is 14.3 Å². The third-order valence-corrected chi connectivity index (χ3v) is 14.0. The van der Waals surface area contributed by atoms with Crippen molar-refractivity contribution in [2.45, 2.75) is 341 Å². The molecule has 0 aliphatic carbocycles. The van der Waals surface area contributed by atoms with E-state index in [-0.39, 0.29) is 18.5 Å². The molecule has 0 spiro atoms. The summed E-state index contributed by atoms with van der Waals surface area (Å²) in [6.07, 6.45) is 68.9. The van der Waals surface area contributed by atoms with Gasteiger partial charge in [0.15, 0.2) is 0 Å². The fourth-order valence-corrected chi connectivity index (χ4v) is 9.34. The van der Waals surface area contributed by atoms with Crippen molar-refractivity contribution in [3.8, 4) is 0 Å². The van der Waals surface area contributed by atoms with Gasteiger partial charge in [0, 0.05) is 12.8 Å². The second-order valence-corrected chi connectivity index (χ2v) is 20.7. The minimum atomic E-state index is -0.675. The summed E-state index contributed by atoms with van der Waals surface area (Å²) in [5.41, 5.74) is 0. The molecule has 0 aromatic carbocycles. The smallest absolute Gasteiger partial charge is 0.305 e. The fraction of sp³-hybridized carbons (Fsp3) is 0.902. The lowest BCUT2D eigenvalue weighted by atomic mass is 10.0.